The summed E-state index contributed by atoms with van der Waals surface area (Å²) < 4.78 is 0. The van der Waals surface area contributed by atoms with E-state index in [1.165, 1.54) is 12.8 Å². The van der Waals surface area contributed by atoms with E-state index in [4.69, 9.17) is 0 Å². The predicted molar refractivity (Wildman–Crippen MR) is 71.7 cm³/mol. The predicted octanol–water partition coefficient (Wildman–Crippen LogP) is 2.76. The zero-order valence-corrected chi connectivity index (χ0v) is 12.0. The minimum absolute atomic E-state index is 0.0269. The molecule has 0 radical (unpaired) electrons. The summed E-state index contributed by atoms with van der Waals surface area (Å²) in [6.45, 7) is 10.8. The van der Waals surface area contributed by atoms with Crippen LogP contribution in [0.15, 0.2) is 0 Å². The lowest BCUT2D eigenvalue weighted by Crippen LogP contribution is -2.41. The lowest BCUT2D eigenvalue weighted by molar-refractivity contribution is -0.132. The minimum atomic E-state index is 0.0269. The number of amides is 1. The van der Waals surface area contributed by atoms with E-state index in [0.717, 1.165) is 12.8 Å². The molecule has 1 rings (SSSR count). The van der Waals surface area contributed by atoms with Crippen molar-refractivity contribution in [3.63, 3.8) is 0 Å². The van der Waals surface area contributed by atoms with Crippen LogP contribution in [-0.4, -0.2) is 29.1 Å². The summed E-state index contributed by atoms with van der Waals surface area (Å²) in [6, 6.07) is 0.387. The van der Waals surface area contributed by atoms with Gasteiger partial charge in [0.15, 0.2) is 0 Å². The lowest BCUT2D eigenvalue weighted by atomic mass is 9.99. The van der Waals surface area contributed by atoms with Crippen molar-refractivity contribution in [1.29, 1.82) is 0 Å². The van der Waals surface area contributed by atoms with E-state index in [-0.39, 0.29) is 12.2 Å². The van der Waals surface area contributed by atoms with Gasteiger partial charge < -0.3 is 4.90 Å². The molecule has 0 bridgehead atoms. The largest absolute Gasteiger partial charge is 0.323 e. The topological polar surface area (TPSA) is 32.3 Å². The van der Waals surface area contributed by atoms with Crippen LogP contribution in [0.1, 0.15) is 60.3 Å². The molecule has 1 N–H and O–H groups in total. The number of nitrogens with zero attached hydrogens (tertiary/aromatic N) is 1. The quantitative estimate of drug-likeness (QED) is 0.774. The van der Waals surface area contributed by atoms with Gasteiger partial charge in [-0.05, 0) is 26.2 Å². The van der Waals surface area contributed by atoms with Crippen molar-refractivity contribution < 1.29 is 4.79 Å². The van der Waals surface area contributed by atoms with Crippen molar-refractivity contribution in [2.24, 2.45) is 5.92 Å². The second-order valence-electron chi connectivity index (χ2n) is 5.44. The fraction of sp³-hybridized carbons (Fsp3) is 0.929. The first-order valence-corrected chi connectivity index (χ1v) is 7.11. The number of rotatable bonds is 6. The second kappa shape index (κ2) is 6.39. The van der Waals surface area contributed by atoms with Crippen molar-refractivity contribution in [3.8, 4) is 0 Å². The molecule has 17 heavy (non-hydrogen) atoms. The molecule has 0 aromatic rings. The summed E-state index contributed by atoms with van der Waals surface area (Å²) in [4.78, 5) is 14.4. The number of unbranched alkanes of at least 4 members (excludes halogenated alkanes) is 1. The van der Waals surface area contributed by atoms with E-state index >= 15 is 0 Å². The first-order chi connectivity index (χ1) is 8.02. The molecule has 1 fully saturated rings. The molecule has 1 saturated heterocycles. The molecular weight excluding hydrogens is 212 g/mol. The lowest BCUT2D eigenvalue weighted by Gasteiger charge is -2.28. The Labute approximate surface area is 106 Å². The molecule has 0 saturated carbocycles. The van der Waals surface area contributed by atoms with Crippen LogP contribution in [0.4, 0.5) is 0 Å². The monoisotopic (exact) mass is 240 g/mol. The van der Waals surface area contributed by atoms with Gasteiger partial charge in [0, 0.05) is 6.04 Å². The van der Waals surface area contributed by atoms with E-state index in [0.29, 0.717) is 17.9 Å². The van der Waals surface area contributed by atoms with Crippen molar-refractivity contribution in [1.82, 2.24) is 10.2 Å². The fourth-order valence-corrected chi connectivity index (χ4v) is 2.64. The van der Waals surface area contributed by atoms with Gasteiger partial charge in [0.2, 0.25) is 5.91 Å². The molecule has 0 aliphatic carbocycles. The van der Waals surface area contributed by atoms with Gasteiger partial charge in [0.05, 0.1) is 12.2 Å². The molecular formula is C14H28N2O. The highest BCUT2D eigenvalue weighted by Crippen LogP contribution is 2.23. The Morgan fingerprint density at radius 1 is 1.35 bits per heavy atom. The molecule has 1 heterocycles. The zero-order valence-electron chi connectivity index (χ0n) is 12.0. The summed E-state index contributed by atoms with van der Waals surface area (Å²) in [5.74, 6) is 0.726. The van der Waals surface area contributed by atoms with Gasteiger partial charge in [0.25, 0.3) is 0 Å². The summed E-state index contributed by atoms with van der Waals surface area (Å²) >= 11 is 0. The van der Waals surface area contributed by atoms with Gasteiger partial charge in [-0.1, -0.05) is 40.0 Å². The average molecular weight is 240 g/mol. The highest BCUT2D eigenvalue weighted by atomic mass is 16.2. The number of carbonyl (C=O) groups is 1. The number of hydrogen-bond acceptors (Lipinski definition) is 2. The molecule has 1 aliphatic heterocycles. The second-order valence-corrected chi connectivity index (χ2v) is 5.44. The van der Waals surface area contributed by atoms with Crippen LogP contribution in [0.25, 0.3) is 0 Å². The van der Waals surface area contributed by atoms with Crippen LogP contribution in [0.3, 0.4) is 0 Å². The summed E-state index contributed by atoms with van der Waals surface area (Å²) in [5, 5.41) is 3.44. The van der Waals surface area contributed by atoms with Gasteiger partial charge in [-0.3, -0.25) is 10.1 Å². The van der Waals surface area contributed by atoms with Gasteiger partial charge in [0.1, 0.15) is 0 Å². The number of nitrogens with one attached hydrogen (secondary N) is 1. The molecule has 1 aliphatic rings. The van der Waals surface area contributed by atoms with Crippen molar-refractivity contribution in [2.75, 3.05) is 0 Å². The maximum absolute atomic E-state index is 12.4. The molecule has 0 aromatic heterocycles. The highest BCUT2D eigenvalue weighted by Gasteiger charge is 2.40. The Hall–Kier alpha value is -0.570. The van der Waals surface area contributed by atoms with Crippen LogP contribution in [0, 0.1) is 5.92 Å². The van der Waals surface area contributed by atoms with Crippen LogP contribution in [-0.2, 0) is 4.79 Å². The highest BCUT2D eigenvalue weighted by molar-refractivity contribution is 5.84. The van der Waals surface area contributed by atoms with Gasteiger partial charge in [-0.2, -0.15) is 0 Å². The van der Waals surface area contributed by atoms with Crippen molar-refractivity contribution in [3.05, 3.63) is 0 Å². The number of hydrogen-bond donors (Lipinski definition) is 1. The average Bonchev–Trinajstić information content (AvgIpc) is 2.61. The third kappa shape index (κ3) is 3.21. The maximum Gasteiger partial charge on any atom is 0.241 e. The summed E-state index contributed by atoms with van der Waals surface area (Å²) in [5.41, 5.74) is 0. The van der Waals surface area contributed by atoms with E-state index in [9.17, 15) is 4.79 Å². The Bertz CT molecular complexity index is 255. The first kappa shape index (κ1) is 14.5. The van der Waals surface area contributed by atoms with E-state index in [1.807, 2.05) is 4.90 Å². The number of carbonyl (C=O) groups excluding carboxylic acids is 1. The molecule has 4 atom stereocenters. The Balaban J connectivity index is 2.64. The fourth-order valence-electron chi connectivity index (χ4n) is 2.64. The summed E-state index contributed by atoms with van der Waals surface area (Å²) in [7, 11) is 0. The Kier molecular flexibility index (Phi) is 5.44. The van der Waals surface area contributed by atoms with E-state index in [1.54, 1.807) is 0 Å². The van der Waals surface area contributed by atoms with Crippen LogP contribution in [0.2, 0.25) is 0 Å². The zero-order chi connectivity index (χ0) is 13.0. The van der Waals surface area contributed by atoms with Gasteiger partial charge in [-0.15, -0.1) is 0 Å². The van der Waals surface area contributed by atoms with Crippen molar-refractivity contribution >= 4 is 5.91 Å². The maximum atomic E-state index is 12.4. The molecule has 1 amide bonds. The normalized spacial score (nSPS) is 28.5. The summed E-state index contributed by atoms with van der Waals surface area (Å²) in [6.07, 6.45) is 4.75. The van der Waals surface area contributed by atoms with E-state index < -0.39 is 0 Å². The molecule has 3 nitrogen and oxygen atoms in total. The minimum Gasteiger partial charge on any atom is -0.323 e. The van der Waals surface area contributed by atoms with E-state index in [2.05, 4.69) is 39.9 Å². The Morgan fingerprint density at radius 3 is 2.53 bits per heavy atom. The molecule has 0 aromatic carbocycles. The third-order valence-corrected chi connectivity index (χ3v) is 4.02. The first-order valence-electron chi connectivity index (χ1n) is 7.11. The van der Waals surface area contributed by atoms with Crippen molar-refractivity contribution in [2.45, 2.75) is 78.6 Å². The van der Waals surface area contributed by atoms with Crippen LogP contribution < -0.4 is 5.32 Å². The van der Waals surface area contributed by atoms with Crippen LogP contribution in [0.5, 0.6) is 0 Å². The standard InChI is InChI=1S/C14H28N2O/c1-6-8-9-11(4)16-12(5)15-13(14(16)17)10(3)7-2/h10-13,15H,6-9H2,1-5H3. The third-order valence-electron chi connectivity index (χ3n) is 4.02. The van der Waals surface area contributed by atoms with Gasteiger partial charge >= 0.3 is 0 Å². The molecule has 4 unspecified atom stereocenters. The van der Waals surface area contributed by atoms with Crippen LogP contribution >= 0.6 is 0 Å². The SMILES string of the molecule is CCCCC(C)N1C(=O)C(C(C)CC)NC1C. The smallest absolute Gasteiger partial charge is 0.241 e. The van der Waals surface area contributed by atoms with Gasteiger partial charge in [-0.25, -0.2) is 0 Å². The molecule has 3 heteroatoms. The molecule has 100 valence electrons. The Morgan fingerprint density at radius 2 is 2.00 bits per heavy atom. The molecule has 0 spiro atoms.